The van der Waals surface area contributed by atoms with Crippen molar-refractivity contribution in [3.8, 4) is 0 Å². The molecule has 1 aromatic carbocycles. The van der Waals surface area contributed by atoms with Gasteiger partial charge in [0.15, 0.2) is 5.43 Å². The van der Waals surface area contributed by atoms with Crippen molar-refractivity contribution in [2.24, 2.45) is 0 Å². The average Bonchev–Trinajstić information content (AvgIpc) is 2.47. The van der Waals surface area contributed by atoms with Crippen LogP contribution >= 0.6 is 0 Å². The van der Waals surface area contributed by atoms with Gasteiger partial charge in [-0.3, -0.25) is 4.79 Å². The van der Waals surface area contributed by atoms with E-state index in [0.717, 1.165) is 31.6 Å². The van der Waals surface area contributed by atoms with Gasteiger partial charge in [-0.1, -0.05) is 0 Å². The lowest BCUT2D eigenvalue weighted by atomic mass is 10.1. The molecule has 0 aliphatic carbocycles. The van der Waals surface area contributed by atoms with Crippen LogP contribution in [0.2, 0.25) is 0 Å². The minimum Gasteiger partial charge on any atom is -0.372 e. The second kappa shape index (κ2) is 5.09. The molecular weight excluding hydrogens is 281 g/mol. The van der Waals surface area contributed by atoms with Crippen LogP contribution in [0.25, 0.3) is 10.9 Å². The summed E-state index contributed by atoms with van der Waals surface area (Å²) in [5, 5.41) is 0.297. The number of anilines is 1. The second-order valence-electron chi connectivity index (χ2n) is 5.32. The summed E-state index contributed by atoms with van der Waals surface area (Å²) >= 11 is 0. The number of nitrogens with zero attached hydrogens (tertiary/aromatic N) is 1. The second-order valence-corrected chi connectivity index (χ2v) is 5.32. The molecule has 1 fully saturated rings. The summed E-state index contributed by atoms with van der Waals surface area (Å²) in [6.07, 6.45) is -1.15. The molecule has 1 aromatic heterocycles. The van der Waals surface area contributed by atoms with Gasteiger partial charge in [0.05, 0.1) is 0 Å². The van der Waals surface area contributed by atoms with Gasteiger partial charge < -0.3 is 9.88 Å². The number of hydrogen-bond donors (Lipinski definition) is 1. The SMILES string of the molecule is O=c1cc(C(F)(F)F)[nH]c2ccc(N3CCCCC3)cc12. The normalized spacial score (nSPS) is 16.4. The van der Waals surface area contributed by atoms with E-state index in [4.69, 9.17) is 0 Å². The molecule has 0 radical (unpaired) electrons. The Morgan fingerprint density at radius 2 is 1.76 bits per heavy atom. The van der Waals surface area contributed by atoms with Crippen LogP contribution in [0.1, 0.15) is 25.0 Å². The molecule has 0 atom stereocenters. The van der Waals surface area contributed by atoms with Crippen molar-refractivity contribution in [1.29, 1.82) is 0 Å². The number of pyridine rings is 1. The average molecular weight is 296 g/mol. The number of aromatic amines is 1. The highest BCUT2D eigenvalue weighted by Crippen LogP contribution is 2.29. The summed E-state index contributed by atoms with van der Waals surface area (Å²) < 4.78 is 38.1. The Labute approximate surface area is 119 Å². The van der Waals surface area contributed by atoms with Crippen LogP contribution in [-0.2, 0) is 6.18 Å². The van der Waals surface area contributed by atoms with Crippen LogP contribution in [0.15, 0.2) is 29.1 Å². The zero-order valence-electron chi connectivity index (χ0n) is 11.3. The molecule has 0 unspecified atom stereocenters. The van der Waals surface area contributed by atoms with E-state index in [9.17, 15) is 18.0 Å². The van der Waals surface area contributed by atoms with Crippen LogP contribution in [-0.4, -0.2) is 18.1 Å². The molecule has 3 nitrogen and oxygen atoms in total. The Morgan fingerprint density at radius 3 is 2.43 bits per heavy atom. The predicted octanol–water partition coefficient (Wildman–Crippen LogP) is 3.54. The monoisotopic (exact) mass is 296 g/mol. The summed E-state index contributed by atoms with van der Waals surface area (Å²) in [6.45, 7) is 1.84. The molecule has 6 heteroatoms. The number of piperidine rings is 1. The van der Waals surface area contributed by atoms with Crippen molar-refractivity contribution in [3.05, 3.63) is 40.2 Å². The zero-order valence-corrected chi connectivity index (χ0v) is 11.3. The van der Waals surface area contributed by atoms with E-state index in [0.29, 0.717) is 11.5 Å². The van der Waals surface area contributed by atoms with E-state index in [-0.39, 0.29) is 5.52 Å². The number of H-pyrrole nitrogens is 1. The van der Waals surface area contributed by atoms with Crippen molar-refractivity contribution in [2.45, 2.75) is 25.4 Å². The molecule has 112 valence electrons. The summed E-state index contributed by atoms with van der Waals surface area (Å²) in [7, 11) is 0. The molecule has 1 N–H and O–H groups in total. The van der Waals surface area contributed by atoms with E-state index in [1.807, 2.05) is 0 Å². The highest BCUT2D eigenvalue weighted by Gasteiger charge is 2.32. The number of halogens is 3. The number of hydrogen-bond acceptors (Lipinski definition) is 2. The van der Waals surface area contributed by atoms with Crippen LogP contribution in [0.5, 0.6) is 0 Å². The third-order valence-corrected chi connectivity index (χ3v) is 3.84. The molecule has 1 aliphatic heterocycles. The molecule has 1 saturated heterocycles. The molecule has 0 bridgehead atoms. The first-order valence-electron chi connectivity index (χ1n) is 6.94. The zero-order chi connectivity index (χ0) is 15.0. The van der Waals surface area contributed by atoms with Crippen LogP contribution in [0, 0.1) is 0 Å². The number of aromatic nitrogens is 1. The molecule has 1 aliphatic rings. The van der Waals surface area contributed by atoms with Gasteiger partial charge in [-0.15, -0.1) is 0 Å². The first-order chi connectivity index (χ1) is 9.95. The number of nitrogens with one attached hydrogen (secondary N) is 1. The van der Waals surface area contributed by atoms with Crippen LogP contribution < -0.4 is 10.3 Å². The highest BCUT2D eigenvalue weighted by molar-refractivity contribution is 5.82. The fraction of sp³-hybridized carbons (Fsp3) is 0.400. The maximum Gasteiger partial charge on any atom is 0.431 e. The number of alkyl halides is 3. The summed E-state index contributed by atoms with van der Waals surface area (Å²) in [5.41, 5.74) is -0.497. The largest absolute Gasteiger partial charge is 0.431 e. The van der Waals surface area contributed by atoms with Crippen molar-refractivity contribution in [3.63, 3.8) is 0 Å². The number of rotatable bonds is 1. The van der Waals surface area contributed by atoms with Gasteiger partial charge in [0.25, 0.3) is 0 Å². The predicted molar refractivity (Wildman–Crippen MR) is 75.6 cm³/mol. The molecule has 21 heavy (non-hydrogen) atoms. The molecule has 0 spiro atoms. The third-order valence-electron chi connectivity index (χ3n) is 3.84. The molecule has 3 rings (SSSR count). The van der Waals surface area contributed by atoms with Gasteiger partial charge in [0, 0.05) is 35.7 Å². The van der Waals surface area contributed by atoms with Crippen molar-refractivity contribution in [2.75, 3.05) is 18.0 Å². The first-order valence-corrected chi connectivity index (χ1v) is 6.94. The van der Waals surface area contributed by atoms with Crippen molar-refractivity contribution >= 4 is 16.6 Å². The fourth-order valence-corrected chi connectivity index (χ4v) is 2.74. The maximum atomic E-state index is 12.7. The van der Waals surface area contributed by atoms with E-state index in [1.54, 1.807) is 18.2 Å². The van der Waals surface area contributed by atoms with Gasteiger partial charge in [-0.05, 0) is 37.5 Å². The Bertz CT molecular complexity index is 715. The quantitative estimate of drug-likeness (QED) is 0.874. The maximum absolute atomic E-state index is 12.7. The van der Waals surface area contributed by atoms with Crippen molar-refractivity contribution < 1.29 is 13.2 Å². The minimum absolute atomic E-state index is 0.218. The number of benzene rings is 1. The van der Waals surface area contributed by atoms with Gasteiger partial charge in [-0.2, -0.15) is 13.2 Å². The Hall–Kier alpha value is -1.98. The molecular formula is C15H15F3N2O. The topological polar surface area (TPSA) is 36.1 Å². The van der Waals surface area contributed by atoms with E-state index < -0.39 is 17.3 Å². The lowest BCUT2D eigenvalue weighted by Gasteiger charge is -2.29. The van der Waals surface area contributed by atoms with Gasteiger partial charge in [-0.25, -0.2) is 0 Å². The summed E-state index contributed by atoms with van der Waals surface area (Å²) in [6, 6.07) is 5.63. The molecule has 2 heterocycles. The number of fused-ring (bicyclic) bond motifs is 1. The summed E-state index contributed by atoms with van der Waals surface area (Å²) in [4.78, 5) is 16.4. The lowest BCUT2D eigenvalue weighted by Crippen LogP contribution is -2.29. The standard InChI is InChI=1S/C15H15F3N2O/c16-15(17,18)14-9-13(21)11-8-10(4-5-12(11)19-14)20-6-2-1-3-7-20/h4-5,8-9H,1-3,6-7H2,(H,19,21). The first kappa shape index (κ1) is 14.0. The van der Waals surface area contributed by atoms with Crippen LogP contribution in [0.4, 0.5) is 18.9 Å². The van der Waals surface area contributed by atoms with E-state index in [1.165, 1.54) is 6.42 Å². The van der Waals surface area contributed by atoms with Gasteiger partial charge in [0.1, 0.15) is 5.69 Å². The van der Waals surface area contributed by atoms with E-state index in [2.05, 4.69) is 9.88 Å². The lowest BCUT2D eigenvalue weighted by molar-refractivity contribution is -0.141. The molecule has 0 amide bonds. The fourth-order valence-electron chi connectivity index (χ4n) is 2.74. The van der Waals surface area contributed by atoms with Crippen LogP contribution in [0.3, 0.4) is 0 Å². The Morgan fingerprint density at radius 1 is 1.05 bits per heavy atom. The van der Waals surface area contributed by atoms with Gasteiger partial charge >= 0.3 is 6.18 Å². The molecule has 0 saturated carbocycles. The van der Waals surface area contributed by atoms with Crippen molar-refractivity contribution in [1.82, 2.24) is 4.98 Å². The highest BCUT2D eigenvalue weighted by atomic mass is 19.4. The van der Waals surface area contributed by atoms with E-state index >= 15 is 0 Å². The Balaban J connectivity index is 2.06. The smallest absolute Gasteiger partial charge is 0.372 e. The molecule has 2 aromatic rings. The third kappa shape index (κ3) is 2.75. The minimum atomic E-state index is -4.54. The summed E-state index contributed by atoms with van der Waals surface area (Å²) in [5.74, 6) is 0. The van der Waals surface area contributed by atoms with Gasteiger partial charge in [0.2, 0.25) is 0 Å². The Kier molecular flexibility index (Phi) is 3.39.